The third-order valence-electron chi connectivity index (χ3n) is 5.47. The summed E-state index contributed by atoms with van der Waals surface area (Å²) in [6.07, 6.45) is 0. The number of nitrogens with one attached hydrogen (secondary N) is 1. The Morgan fingerprint density at radius 2 is 1.34 bits per heavy atom. The molecule has 182 valence electrons. The first-order valence-electron chi connectivity index (χ1n) is 10.4. The lowest BCUT2D eigenvalue weighted by atomic mass is 10.2. The molecule has 0 aliphatic carbocycles. The molecule has 4 aromatic rings. The van der Waals surface area contributed by atoms with Crippen molar-refractivity contribution in [2.45, 2.75) is 4.90 Å². The van der Waals surface area contributed by atoms with E-state index in [-0.39, 0.29) is 22.1 Å². The number of hydrogen-bond acceptors (Lipinski definition) is 7. The summed E-state index contributed by atoms with van der Waals surface area (Å²) in [5, 5.41) is 0. The highest BCUT2D eigenvalue weighted by Gasteiger charge is 2.21. The van der Waals surface area contributed by atoms with Gasteiger partial charge in [-0.3, -0.25) is 14.3 Å². The van der Waals surface area contributed by atoms with E-state index in [1.807, 2.05) is 6.07 Å². The van der Waals surface area contributed by atoms with E-state index in [1.165, 1.54) is 63.2 Å². The molecule has 0 aliphatic rings. The monoisotopic (exact) mass is 497 g/mol. The number of aryl methyl sites for hydroxylation is 2. The highest BCUT2D eigenvalue weighted by Crippen LogP contribution is 2.36. The average Bonchev–Trinajstić information content (AvgIpc) is 2.86. The minimum Gasteiger partial charge on any atom is -0.493 e. The van der Waals surface area contributed by atoms with Crippen LogP contribution in [0, 0.1) is 0 Å². The van der Waals surface area contributed by atoms with Gasteiger partial charge in [0, 0.05) is 26.2 Å². The summed E-state index contributed by atoms with van der Waals surface area (Å²) < 4.78 is 47.9. The zero-order chi connectivity index (χ0) is 25.3. The summed E-state index contributed by atoms with van der Waals surface area (Å²) in [5.41, 5.74) is -0.667. The summed E-state index contributed by atoms with van der Waals surface area (Å²) in [5.74, 6) is 1.21. The van der Waals surface area contributed by atoms with Gasteiger partial charge in [-0.25, -0.2) is 8.42 Å². The Hall–Kier alpha value is -4.25. The van der Waals surface area contributed by atoms with Crippen LogP contribution in [0.5, 0.6) is 23.0 Å². The fraction of sp³-hybridized carbons (Fsp3) is 0.167. The zero-order valence-corrected chi connectivity index (χ0v) is 20.3. The van der Waals surface area contributed by atoms with Crippen LogP contribution in [0.3, 0.4) is 0 Å². The number of hydrogen-bond donors (Lipinski definition) is 1. The number of anilines is 1. The lowest BCUT2D eigenvalue weighted by molar-refractivity contribution is 0.354. The topological polar surface area (TPSA) is 118 Å². The second kappa shape index (κ2) is 9.18. The first-order valence-corrected chi connectivity index (χ1v) is 11.9. The molecule has 0 saturated heterocycles. The molecule has 0 saturated carbocycles. The Labute approximate surface area is 201 Å². The molecule has 0 aliphatic heterocycles. The molecular formula is C24H23N3O7S. The molecule has 0 radical (unpaired) electrons. The maximum Gasteiger partial charge on any atom is 0.316 e. The summed E-state index contributed by atoms with van der Waals surface area (Å²) in [7, 11) is 1.64. The number of rotatable bonds is 7. The Bertz CT molecular complexity index is 1640. The van der Waals surface area contributed by atoms with E-state index in [1.54, 1.807) is 24.3 Å². The van der Waals surface area contributed by atoms with Gasteiger partial charge in [-0.05, 0) is 30.3 Å². The molecule has 0 spiro atoms. The van der Waals surface area contributed by atoms with Gasteiger partial charge in [-0.15, -0.1) is 0 Å². The second-order valence-corrected chi connectivity index (χ2v) is 9.29. The molecule has 0 unspecified atom stereocenters. The Morgan fingerprint density at radius 1 is 0.743 bits per heavy atom. The van der Waals surface area contributed by atoms with Gasteiger partial charge in [-0.1, -0.05) is 18.2 Å². The van der Waals surface area contributed by atoms with E-state index in [0.717, 1.165) is 4.57 Å². The van der Waals surface area contributed by atoms with E-state index >= 15 is 0 Å². The number of nitrogens with zero attached hydrogens (tertiary/aromatic N) is 2. The van der Waals surface area contributed by atoms with Gasteiger partial charge in [0.25, 0.3) is 10.0 Å². The van der Waals surface area contributed by atoms with E-state index < -0.39 is 21.1 Å². The third-order valence-corrected chi connectivity index (χ3v) is 6.84. The maximum atomic E-state index is 13.3. The number of benzene rings is 3. The van der Waals surface area contributed by atoms with Gasteiger partial charge in [0.05, 0.1) is 35.8 Å². The summed E-state index contributed by atoms with van der Waals surface area (Å²) in [4.78, 5) is 24.6. The Kier molecular flexibility index (Phi) is 6.27. The van der Waals surface area contributed by atoms with Gasteiger partial charge in [0.1, 0.15) is 5.75 Å². The summed E-state index contributed by atoms with van der Waals surface area (Å²) in [6, 6.07) is 15.9. The first kappa shape index (κ1) is 23.9. The molecule has 10 nitrogen and oxygen atoms in total. The predicted molar refractivity (Wildman–Crippen MR) is 131 cm³/mol. The first-order chi connectivity index (χ1) is 16.7. The van der Waals surface area contributed by atoms with Crippen molar-refractivity contribution in [2.24, 2.45) is 14.1 Å². The number of sulfonamides is 1. The van der Waals surface area contributed by atoms with Crippen LogP contribution in [0.4, 0.5) is 5.69 Å². The van der Waals surface area contributed by atoms with E-state index in [9.17, 15) is 18.0 Å². The van der Waals surface area contributed by atoms with Crippen molar-refractivity contribution in [1.29, 1.82) is 0 Å². The Balaban J connectivity index is 1.90. The largest absolute Gasteiger partial charge is 0.493 e. The van der Waals surface area contributed by atoms with Crippen molar-refractivity contribution < 1.29 is 22.6 Å². The molecule has 1 N–H and O–H groups in total. The standard InChI is InChI=1S/C24H23N3O7S/c1-26-18-13-17(25-35(30,31)16-10-11-20(32-3)22(12-16)33-4)21(34-15-8-6-5-7-9-15)14-19(18)27(2)24(29)23(26)28/h5-14,25H,1-4H3. The lowest BCUT2D eigenvalue weighted by Gasteiger charge is -2.17. The van der Waals surface area contributed by atoms with Crippen LogP contribution in [-0.4, -0.2) is 31.8 Å². The highest BCUT2D eigenvalue weighted by atomic mass is 32.2. The number of fused-ring (bicyclic) bond motifs is 1. The quantitative estimate of drug-likeness (QED) is 0.390. The van der Waals surface area contributed by atoms with Gasteiger partial charge in [0.15, 0.2) is 17.2 Å². The van der Waals surface area contributed by atoms with Crippen molar-refractivity contribution in [3.8, 4) is 23.0 Å². The molecule has 3 aromatic carbocycles. The number of methoxy groups -OCH3 is 2. The van der Waals surface area contributed by atoms with E-state index in [0.29, 0.717) is 22.5 Å². The van der Waals surface area contributed by atoms with E-state index in [2.05, 4.69) is 4.72 Å². The van der Waals surface area contributed by atoms with Crippen molar-refractivity contribution in [3.63, 3.8) is 0 Å². The van der Waals surface area contributed by atoms with Gasteiger partial charge in [0.2, 0.25) is 0 Å². The molecule has 11 heteroatoms. The van der Waals surface area contributed by atoms with Crippen LogP contribution in [0.15, 0.2) is 75.1 Å². The second-order valence-electron chi connectivity index (χ2n) is 7.60. The van der Waals surface area contributed by atoms with Crippen molar-refractivity contribution in [3.05, 3.63) is 81.4 Å². The van der Waals surface area contributed by atoms with Crippen molar-refractivity contribution in [1.82, 2.24) is 9.13 Å². The molecular weight excluding hydrogens is 474 g/mol. The van der Waals surface area contributed by atoms with Crippen LogP contribution >= 0.6 is 0 Å². The molecule has 1 aromatic heterocycles. The van der Waals surface area contributed by atoms with Gasteiger partial charge < -0.3 is 23.3 Å². The average molecular weight is 498 g/mol. The maximum absolute atomic E-state index is 13.3. The summed E-state index contributed by atoms with van der Waals surface area (Å²) >= 11 is 0. The fourth-order valence-electron chi connectivity index (χ4n) is 3.57. The smallest absolute Gasteiger partial charge is 0.316 e. The van der Waals surface area contributed by atoms with Gasteiger partial charge in [-0.2, -0.15) is 0 Å². The van der Waals surface area contributed by atoms with Crippen LogP contribution in [-0.2, 0) is 24.1 Å². The molecule has 0 bridgehead atoms. The normalized spacial score (nSPS) is 11.3. The highest BCUT2D eigenvalue weighted by molar-refractivity contribution is 7.92. The molecule has 4 rings (SSSR count). The Morgan fingerprint density at radius 3 is 1.94 bits per heavy atom. The van der Waals surface area contributed by atoms with Gasteiger partial charge >= 0.3 is 11.1 Å². The van der Waals surface area contributed by atoms with Crippen molar-refractivity contribution in [2.75, 3.05) is 18.9 Å². The number of para-hydroxylation sites is 1. The molecule has 35 heavy (non-hydrogen) atoms. The predicted octanol–water partition coefficient (Wildman–Crippen LogP) is 2.85. The molecule has 0 fully saturated rings. The SMILES string of the molecule is COc1ccc(S(=O)(=O)Nc2cc3c(cc2Oc2ccccc2)n(C)c(=O)c(=O)n3C)cc1OC. The third kappa shape index (κ3) is 4.45. The minimum absolute atomic E-state index is 0.0738. The number of aromatic nitrogens is 2. The van der Waals surface area contributed by atoms with Crippen LogP contribution in [0.1, 0.15) is 0 Å². The zero-order valence-electron chi connectivity index (χ0n) is 19.4. The number of ether oxygens (including phenoxy) is 3. The van der Waals surface area contributed by atoms with Crippen LogP contribution in [0.25, 0.3) is 11.0 Å². The fourth-order valence-corrected chi connectivity index (χ4v) is 4.64. The summed E-state index contributed by atoms with van der Waals surface area (Å²) in [6.45, 7) is 0. The molecule has 0 atom stereocenters. The van der Waals surface area contributed by atoms with E-state index in [4.69, 9.17) is 14.2 Å². The lowest BCUT2D eigenvalue weighted by Crippen LogP contribution is -2.39. The minimum atomic E-state index is -4.12. The van der Waals surface area contributed by atoms with Crippen LogP contribution in [0.2, 0.25) is 0 Å². The molecule has 0 amide bonds. The molecule has 1 heterocycles. The van der Waals surface area contributed by atoms with Crippen molar-refractivity contribution >= 4 is 26.7 Å². The van der Waals surface area contributed by atoms with Crippen LogP contribution < -0.4 is 30.1 Å².